The second-order valence-electron chi connectivity index (χ2n) is 5.72. The number of hydrogen-bond donors (Lipinski definition) is 1. The summed E-state index contributed by atoms with van der Waals surface area (Å²) in [5.41, 5.74) is 8.72. The molecule has 23 heavy (non-hydrogen) atoms. The summed E-state index contributed by atoms with van der Waals surface area (Å²) in [4.78, 5) is 13.7. The molecule has 0 heterocycles. The van der Waals surface area contributed by atoms with Gasteiger partial charge in [0.1, 0.15) is 5.75 Å². The largest absolute Gasteiger partial charge is 0.496 e. The Morgan fingerprint density at radius 2 is 1.78 bits per heavy atom. The number of nitrogens with zero attached hydrogens (tertiary/aromatic N) is 1. The van der Waals surface area contributed by atoms with Crippen LogP contribution in [0.15, 0.2) is 48.5 Å². The standard InChI is InChI=1S/C19H24N2O2/c1-14(2)21(19(22)12-20)13-15-8-10-16(11-9-15)17-6-4-5-7-18(17)23-3/h4-11,14H,12-13,20H2,1-3H3. The van der Waals surface area contributed by atoms with Gasteiger partial charge in [-0.3, -0.25) is 4.79 Å². The van der Waals surface area contributed by atoms with Crippen molar-refractivity contribution in [3.05, 3.63) is 54.1 Å². The zero-order chi connectivity index (χ0) is 16.8. The highest BCUT2D eigenvalue weighted by Gasteiger charge is 2.15. The first kappa shape index (κ1) is 17.0. The number of hydrogen-bond acceptors (Lipinski definition) is 3. The average Bonchev–Trinajstić information content (AvgIpc) is 2.59. The van der Waals surface area contributed by atoms with Crippen LogP contribution < -0.4 is 10.5 Å². The van der Waals surface area contributed by atoms with Crippen molar-refractivity contribution in [2.75, 3.05) is 13.7 Å². The van der Waals surface area contributed by atoms with E-state index >= 15 is 0 Å². The van der Waals surface area contributed by atoms with Crippen molar-refractivity contribution >= 4 is 5.91 Å². The van der Waals surface area contributed by atoms with Crippen molar-refractivity contribution in [1.29, 1.82) is 0 Å². The molecule has 0 bridgehead atoms. The van der Waals surface area contributed by atoms with Gasteiger partial charge in [-0.25, -0.2) is 0 Å². The Morgan fingerprint density at radius 1 is 1.13 bits per heavy atom. The van der Waals surface area contributed by atoms with Crippen molar-refractivity contribution < 1.29 is 9.53 Å². The van der Waals surface area contributed by atoms with Crippen molar-refractivity contribution in [2.45, 2.75) is 26.4 Å². The summed E-state index contributed by atoms with van der Waals surface area (Å²) >= 11 is 0. The Kier molecular flexibility index (Phi) is 5.77. The maximum absolute atomic E-state index is 11.9. The lowest BCUT2D eigenvalue weighted by Gasteiger charge is -2.26. The predicted octanol–water partition coefficient (Wildman–Crippen LogP) is 3.06. The Hall–Kier alpha value is -2.33. The molecule has 0 fully saturated rings. The predicted molar refractivity (Wildman–Crippen MR) is 93.2 cm³/mol. The molecule has 0 aliphatic rings. The smallest absolute Gasteiger partial charge is 0.236 e. The number of amides is 1. The van der Waals surface area contributed by atoms with E-state index in [1.165, 1.54) is 0 Å². The first-order chi connectivity index (χ1) is 11.1. The second-order valence-corrected chi connectivity index (χ2v) is 5.72. The molecule has 4 heteroatoms. The lowest BCUT2D eigenvalue weighted by Crippen LogP contribution is -2.40. The van der Waals surface area contributed by atoms with E-state index in [1.807, 2.05) is 50.2 Å². The molecule has 2 rings (SSSR count). The summed E-state index contributed by atoms with van der Waals surface area (Å²) in [6, 6.07) is 16.2. The summed E-state index contributed by atoms with van der Waals surface area (Å²) < 4.78 is 5.41. The van der Waals surface area contributed by atoms with Gasteiger partial charge >= 0.3 is 0 Å². The summed E-state index contributed by atoms with van der Waals surface area (Å²) in [6.07, 6.45) is 0. The number of rotatable bonds is 6. The third-order valence-corrected chi connectivity index (χ3v) is 3.84. The first-order valence-corrected chi connectivity index (χ1v) is 7.78. The van der Waals surface area contributed by atoms with Gasteiger partial charge in [0.2, 0.25) is 5.91 Å². The van der Waals surface area contributed by atoms with Crippen LogP contribution in [-0.4, -0.2) is 30.5 Å². The van der Waals surface area contributed by atoms with Crippen molar-refractivity contribution in [3.8, 4) is 16.9 Å². The molecule has 0 aliphatic heterocycles. The first-order valence-electron chi connectivity index (χ1n) is 7.78. The number of para-hydroxylation sites is 1. The van der Waals surface area contributed by atoms with Gasteiger partial charge in [-0.15, -0.1) is 0 Å². The molecule has 0 unspecified atom stereocenters. The fraction of sp³-hybridized carbons (Fsp3) is 0.316. The summed E-state index contributed by atoms with van der Waals surface area (Å²) in [5, 5.41) is 0. The van der Waals surface area contributed by atoms with Gasteiger partial charge in [-0.1, -0.05) is 42.5 Å². The van der Waals surface area contributed by atoms with Gasteiger partial charge in [0.05, 0.1) is 13.7 Å². The molecule has 0 saturated carbocycles. The molecule has 4 nitrogen and oxygen atoms in total. The highest BCUT2D eigenvalue weighted by Crippen LogP contribution is 2.29. The fourth-order valence-electron chi connectivity index (χ4n) is 2.55. The molecule has 2 aromatic carbocycles. The van der Waals surface area contributed by atoms with Gasteiger partial charge in [-0.05, 0) is 31.0 Å². The van der Waals surface area contributed by atoms with Gasteiger partial charge in [0, 0.05) is 18.2 Å². The van der Waals surface area contributed by atoms with Crippen LogP contribution in [0.1, 0.15) is 19.4 Å². The molecule has 0 aliphatic carbocycles. The molecule has 1 amide bonds. The van der Waals surface area contributed by atoms with E-state index in [1.54, 1.807) is 12.0 Å². The van der Waals surface area contributed by atoms with Crippen LogP contribution in [-0.2, 0) is 11.3 Å². The summed E-state index contributed by atoms with van der Waals surface area (Å²) in [5.74, 6) is 0.816. The quantitative estimate of drug-likeness (QED) is 0.892. The van der Waals surface area contributed by atoms with Crippen LogP contribution in [0, 0.1) is 0 Å². The maximum atomic E-state index is 11.9. The van der Waals surface area contributed by atoms with Gasteiger partial charge in [0.15, 0.2) is 0 Å². The molecular weight excluding hydrogens is 288 g/mol. The number of carbonyl (C=O) groups is 1. The Labute approximate surface area is 137 Å². The van der Waals surface area contributed by atoms with Crippen LogP contribution in [0.2, 0.25) is 0 Å². The zero-order valence-corrected chi connectivity index (χ0v) is 14.0. The highest BCUT2D eigenvalue weighted by atomic mass is 16.5. The van der Waals surface area contributed by atoms with E-state index in [0.717, 1.165) is 22.4 Å². The maximum Gasteiger partial charge on any atom is 0.236 e. The summed E-state index contributed by atoms with van der Waals surface area (Å²) in [6.45, 7) is 4.60. The van der Waals surface area contributed by atoms with Gasteiger partial charge < -0.3 is 15.4 Å². The highest BCUT2D eigenvalue weighted by molar-refractivity contribution is 5.78. The number of benzene rings is 2. The van der Waals surface area contributed by atoms with Crippen LogP contribution >= 0.6 is 0 Å². The van der Waals surface area contributed by atoms with Gasteiger partial charge in [-0.2, -0.15) is 0 Å². The molecule has 0 spiro atoms. The molecule has 2 N–H and O–H groups in total. The Bertz CT molecular complexity index is 651. The Balaban J connectivity index is 2.21. The molecule has 0 aromatic heterocycles. The zero-order valence-electron chi connectivity index (χ0n) is 14.0. The van der Waals surface area contributed by atoms with Crippen LogP contribution in [0.5, 0.6) is 5.75 Å². The Morgan fingerprint density at radius 3 is 2.35 bits per heavy atom. The van der Waals surface area contributed by atoms with Crippen molar-refractivity contribution in [3.63, 3.8) is 0 Å². The van der Waals surface area contributed by atoms with E-state index < -0.39 is 0 Å². The minimum absolute atomic E-state index is 0.0335. The minimum atomic E-state index is -0.0335. The fourth-order valence-corrected chi connectivity index (χ4v) is 2.55. The second kappa shape index (κ2) is 7.79. The third-order valence-electron chi connectivity index (χ3n) is 3.84. The normalized spacial score (nSPS) is 10.7. The summed E-state index contributed by atoms with van der Waals surface area (Å²) in [7, 11) is 1.67. The van der Waals surface area contributed by atoms with E-state index in [4.69, 9.17) is 10.5 Å². The van der Waals surface area contributed by atoms with E-state index in [-0.39, 0.29) is 18.5 Å². The number of nitrogens with two attached hydrogens (primary N) is 1. The number of carbonyl (C=O) groups excluding carboxylic acids is 1. The minimum Gasteiger partial charge on any atom is -0.496 e. The van der Waals surface area contributed by atoms with E-state index in [2.05, 4.69) is 12.1 Å². The van der Waals surface area contributed by atoms with Crippen molar-refractivity contribution in [2.24, 2.45) is 5.73 Å². The lowest BCUT2D eigenvalue weighted by atomic mass is 10.0. The number of ether oxygens (including phenoxy) is 1. The molecule has 122 valence electrons. The average molecular weight is 312 g/mol. The molecular formula is C19H24N2O2. The van der Waals surface area contributed by atoms with Crippen LogP contribution in [0.4, 0.5) is 0 Å². The van der Waals surface area contributed by atoms with Crippen molar-refractivity contribution in [1.82, 2.24) is 4.90 Å². The van der Waals surface area contributed by atoms with E-state index in [9.17, 15) is 4.79 Å². The van der Waals surface area contributed by atoms with Crippen LogP contribution in [0.3, 0.4) is 0 Å². The monoisotopic (exact) mass is 312 g/mol. The molecule has 2 aromatic rings. The number of methoxy groups -OCH3 is 1. The topological polar surface area (TPSA) is 55.6 Å². The van der Waals surface area contributed by atoms with E-state index in [0.29, 0.717) is 6.54 Å². The third kappa shape index (κ3) is 4.11. The lowest BCUT2D eigenvalue weighted by molar-refractivity contribution is -0.132. The SMILES string of the molecule is COc1ccccc1-c1ccc(CN(C(=O)CN)C(C)C)cc1. The molecule has 0 saturated heterocycles. The van der Waals surface area contributed by atoms with Crippen LogP contribution in [0.25, 0.3) is 11.1 Å². The molecule has 0 atom stereocenters. The molecule has 0 radical (unpaired) electrons. The van der Waals surface area contributed by atoms with Gasteiger partial charge in [0.25, 0.3) is 0 Å².